The van der Waals surface area contributed by atoms with Gasteiger partial charge in [-0.3, -0.25) is 0 Å². The van der Waals surface area contributed by atoms with Crippen molar-refractivity contribution in [3.63, 3.8) is 0 Å². The highest BCUT2D eigenvalue weighted by atomic mass is 15.1. The fourth-order valence-corrected chi connectivity index (χ4v) is 1.93. The third kappa shape index (κ3) is 1.86. The molecule has 1 N–H and O–H groups in total. The third-order valence-corrected chi connectivity index (χ3v) is 2.78. The predicted octanol–water partition coefficient (Wildman–Crippen LogP) is 2.11. The lowest BCUT2D eigenvalue weighted by molar-refractivity contribution is 0.796. The van der Waals surface area contributed by atoms with Crippen LogP contribution in [0.25, 0.3) is 11.3 Å². The molecule has 16 heavy (non-hydrogen) atoms. The summed E-state index contributed by atoms with van der Waals surface area (Å²) in [5, 5.41) is 3.16. The Morgan fingerprint density at radius 2 is 1.94 bits per heavy atom. The lowest BCUT2D eigenvalue weighted by Crippen LogP contribution is -2.07. The van der Waals surface area contributed by atoms with Crippen LogP contribution in [-0.2, 0) is 13.6 Å². The van der Waals surface area contributed by atoms with Crippen molar-refractivity contribution in [3.05, 3.63) is 41.9 Å². The van der Waals surface area contributed by atoms with Gasteiger partial charge in [0.25, 0.3) is 0 Å². The molecule has 3 nitrogen and oxygen atoms in total. The van der Waals surface area contributed by atoms with Crippen LogP contribution in [0.3, 0.4) is 0 Å². The van der Waals surface area contributed by atoms with Crippen molar-refractivity contribution in [2.24, 2.45) is 7.05 Å². The maximum absolute atomic E-state index is 4.58. The number of aryl methyl sites for hydroxylation is 1. The molecule has 0 bridgehead atoms. The maximum atomic E-state index is 4.58. The summed E-state index contributed by atoms with van der Waals surface area (Å²) in [6, 6.07) is 10.4. The van der Waals surface area contributed by atoms with E-state index in [0.717, 1.165) is 18.1 Å². The number of rotatable bonds is 3. The summed E-state index contributed by atoms with van der Waals surface area (Å²) in [5.74, 6) is 1.05. The normalized spacial score (nSPS) is 10.7. The minimum absolute atomic E-state index is 0.798. The molecule has 0 spiro atoms. The molecule has 0 aliphatic rings. The molecule has 0 atom stereocenters. The summed E-state index contributed by atoms with van der Waals surface area (Å²) >= 11 is 0. The summed E-state index contributed by atoms with van der Waals surface area (Å²) in [4.78, 5) is 4.58. The van der Waals surface area contributed by atoms with Crippen molar-refractivity contribution in [1.82, 2.24) is 14.9 Å². The quantitative estimate of drug-likeness (QED) is 0.850. The molecule has 0 aliphatic carbocycles. The van der Waals surface area contributed by atoms with E-state index in [0.29, 0.717) is 0 Å². The van der Waals surface area contributed by atoms with Gasteiger partial charge in [0.2, 0.25) is 0 Å². The topological polar surface area (TPSA) is 29.9 Å². The number of nitrogens with one attached hydrogen (secondary N) is 1. The van der Waals surface area contributed by atoms with Crippen LogP contribution in [0.1, 0.15) is 11.5 Å². The zero-order chi connectivity index (χ0) is 11.5. The van der Waals surface area contributed by atoms with Gasteiger partial charge in [0.15, 0.2) is 0 Å². The second-order valence-electron chi connectivity index (χ2n) is 3.91. The Balaban J connectivity index is 2.54. The number of benzene rings is 1. The molecular formula is C13H17N3. The number of hydrogen-bond acceptors (Lipinski definition) is 2. The van der Waals surface area contributed by atoms with Gasteiger partial charge in [0.05, 0.1) is 11.4 Å². The molecule has 0 unspecified atom stereocenters. The summed E-state index contributed by atoms with van der Waals surface area (Å²) < 4.78 is 2.14. The Morgan fingerprint density at radius 3 is 2.56 bits per heavy atom. The molecule has 1 heterocycles. The smallest absolute Gasteiger partial charge is 0.106 e. The van der Waals surface area contributed by atoms with Gasteiger partial charge >= 0.3 is 0 Å². The molecule has 2 aromatic rings. The Kier molecular flexibility index (Phi) is 3.06. The van der Waals surface area contributed by atoms with E-state index in [-0.39, 0.29) is 0 Å². The number of hydrogen-bond donors (Lipinski definition) is 1. The van der Waals surface area contributed by atoms with Gasteiger partial charge in [0.1, 0.15) is 5.82 Å². The first-order chi connectivity index (χ1) is 7.74. The monoisotopic (exact) mass is 215 g/mol. The summed E-state index contributed by atoms with van der Waals surface area (Å²) in [5.41, 5.74) is 3.53. The lowest BCUT2D eigenvalue weighted by Gasteiger charge is -2.06. The van der Waals surface area contributed by atoms with Crippen LogP contribution >= 0.6 is 0 Å². The van der Waals surface area contributed by atoms with Crippen molar-refractivity contribution < 1.29 is 0 Å². The molecule has 0 saturated heterocycles. The van der Waals surface area contributed by atoms with Gasteiger partial charge in [0, 0.05) is 19.2 Å². The third-order valence-electron chi connectivity index (χ3n) is 2.78. The minimum Gasteiger partial charge on any atom is -0.331 e. The molecule has 1 aromatic carbocycles. The van der Waals surface area contributed by atoms with Gasteiger partial charge in [-0.05, 0) is 14.0 Å². The lowest BCUT2D eigenvalue weighted by atomic mass is 10.1. The van der Waals surface area contributed by atoms with Crippen molar-refractivity contribution in [3.8, 4) is 11.3 Å². The summed E-state index contributed by atoms with van der Waals surface area (Å²) in [6.07, 6.45) is 0. The van der Waals surface area contributed by atoms with Crippen molar-refractivity contribution in [1.29, 1.82) is 0 Å². The number of nitrogens with zero attached hydrogens (tertiary/aromatic N) is 2. The first-order valence-electron chi connectivity index (χ1n) is 5.46. The molecule has 0 radical (unpaired) electrons. The highest BCUT2D eigenvalue weighted by Crippen LogP contribution is 2.23. The number of imidazole rings is 1. The average Bonchev–Trinajstić information content (AvgIpc) is 2.57. The molecule has 2 rings (SSSR count). The standard InChI is InChI=1S/C13H17N3/c1-10-15-12(9-14-2)13(16(10)3)11-7-5-4-6-8-11/h4-8,14H,9H2,1-3H3. The van der Waals surface area contributed by atoms with Gasteiger partial charge in [-0.15, -0.1) is 0 Å². The van der Waals surface area contributed by atoms with E-state index in [1.807, 2.05) is 20.0 Å². The van der Waals surface area contributed by atoms with Crippen LogP contribution in [0, 0.1) is 6.92 Å². The fraction of sp³-hybridized carbons (Fsp3) is 0.308. The van der Waals surface area contributed by atoms with Gasteiger partial charge in [-0.2, -0.15) is 0 Å². The molecular weight excluding hydrogens is 198 g/mol. The highest BCUT2D eigenvalue weighted by Gasteiger charge is 2.12. The highest BCUT2D eigenvalue weighted by molar-refractivity contribution is 5.62. The van der Waals surface area contributed by atoms with Crippen LogP contribution in [0.15, 0.2) is 30.3 Å². The van der Waals surface area contributed by atoms with E-state index in [1.165, 1.54) is 11.3 Å². The zero-order valence-corrected chi connectivity index (χ0v) is 9.99. The van der Waals surface area contributed by atoms with E-state index in [4.69, 9.17) is 0 Å². The SMILES string of the molecule is CNCc1nc(C)n(C)c1-c1ccccc1. The molecule has 3 heteroatoms. The van der Waals surface area contributed by atoms with E-state index in [1.54, 1.807) is 0 Å². The average molecular weight is 215 g/mol. The molecule has 84 valence electrons. The Bertz CT molecular complexity index is 471. The second-order valence-corrected chi connectivity index (χ2v) is 3.91. The van der Waals surface area contributed by atoms with E-state index in [9.17, 15) is 0 Å². The minimum atomic E-state index is 0.798. The van der Waals surface area contributed by atoms with Gasteiger partial charge in [-0.1, -0.05) is 30.3 Å². The number of aromatic nitrogens is 2. The van der Waals surface area contributed by atoms with Gasteiger partial charge < -0.3 is 9.88 Å². The van der Waals surface area contributed by atoms with Crippen LogP contribution in [-0.4, -0.2) is 16.6 Å². The van der Waals surface area contributed by atoms with Crippen LogP contribution < -0.4 is 5.32 Å². The largest absolute Gasteiger partial charge is 0.331 e. The van der Waals surface area contributed by atoms with Crippen molar-refractivity contribution in [2.75, 3.05) is 7.05 Å². The van der Waals surface area contributed by atoms with E-state index < -0.39 is 0 Å². The van der Waals surface area contributed by atoms with Crippen molar-refractivity contribution >= 4 is 0 Å². The molecule has 0 saturated carbocycles. The first kappa shape index (κ1) is 10.9. The fourth-order valence-electron chi connectivity index (χ4n) is 1.93. The first-order valence-corrected chi connectivity index (χ1v) is 5.46. The van der Waals surface area contributed by atoms with Crippen LogP contribution in [0.4, 0.5) is 0 Å². The Hall–Kier alpha value is -1.61. The molecule has 0 fully saturated rings. The maximum Gasteiger partial charge on any atom is 0.106 e. The summed E-state index contributed by atoms with van der Waals surface area (Å²) in [7, 11) is 4.00. The van der Waals surface area contributed by atoms with Crippen molar-refractivity contribution in [2.45, 2.75) is 13.5 Å². The molecule has 1 aromatic heterocycles. The van der Waals surface area contributed by atoms with Crippen LogP contribution in [0.5, 0.6) is 0 Å². The predicted molar refractivity (Wildman–Crippen MR) is 66.1 cm³/mol. The Labute approximate surface area is 96.1 Å². The van der Waals surface area contributed by atoms with Gasteiger partial charge in [-0.25, -0.2) is 4.98 Å². The van der Waals surface area contributed by atoms with E-state index >= 15 is 0 Å². The molecule has 0 amide bonds. The molecule has 0 aliphatic heterocycles. The Morgan fingerprint density at radius 1 is 1.25 bits per heavy atom. The zero-order valence-electron chi connectivity index (χ0n) is 9.99. The summed E-state index contributed by atoms with van der Waals surface area (Å²) in [6.45, 7) is 2.83. The van der Waals surface area contributed by atoms with E-state index in [2.05, 4.69) is 46.2 Å². The van der Waals surface area contributed by atoms with Crippen LogP contribution in [0.2, 0.25) is 0 Å². The second kappa shape index (κ2) is 4.49.